The smallest absolute Gasteiger partial charge is 0.230 e. The number of nitrogens with one attached hydrogen (secondary N) is 1. The summed E-state index contributed by atoms with van der Waals surface area (Å²) in [6.45, 7) is 2.71. The zero-order valence-corrected chi connectivity index (χ0v) is 16.8. The Morgan fingerprint density at radius 1 is 1.04 bits per heavy atom. The molecule has 2 aromatic carbocycles. The van der Waals surface area contributed by atoms with Crippen molar-refractivity contribution >= 4 is 34.8 Å². The fourth-order valence-electron chi connectivity index (χ4n) is 4.39. The molecule has 0 saturated heterocycles. The second-order valence-corrected chi connectivity index (χ2v) is 8.30. The molecule has 0 unspecified atom stereocenters. The van der Waals surface area contributed by atoms with Crippen molar-refractivity contribution in [2.24, 2.45) is 11.8 Å². The number of carbonyl (C=O) groups excluding carboxylic acids is 2. The largest absolute Gasteiger partial charge is 0.326 e. The number of nitrogens with zero attached hydrogens (tertiary/aromatic N) is 1. The van der Waals surface area contributed by atoms with Crippen molar-refractivity contribution in [2.45, 2.75) is 39.0 Å². The highest BCUT2D eigenvalue weighted by molar-refractivity contribution is 6.30. The average Bonchev–Trinajstić information content (AvgIpc) is 3.14. The molecule has 4 rings (SSSR count). The van der Waals surface area contributed by atoms with Gasteiger partial charge in [-0.1, -0.05) is 29.8 Å². The summed E-state index contributed by atoms with van der Waals surface area (Å²) in [7, 11) is 0. The van der Waals surface area contributed by atoms with Gasteiger partial charge in [-0.05, 0) is 74.4 Å². The number of carbonyl (C=O) groups is 2. The molecule has 1 aliphatic heterocycles. The first kappa shape index (κ1) is 19.0. The molecule has 1 saturated carbocycles. The molecule has 5 heteroatoms. The third kappa shape index (κ3) is 3.79. The van der Waals surface area contributed by atoms with Crippen LogP contribution in [0.25, 0.3) is 0 Å². The second kappa shape index (κ2) is 7.96. The lowest BCUT2D eigenvalue weighted by Crippen LogP contribution is -2.38. The van der Waals surface area contributed by atoms with Crippen LogP contribution in [0.2, 0.25) is 5.02 Å². The lowest BCUT2D eigenvalue weighted by molar-refractivity contribution is -0.126. The molecule has 146 valence electrons. The van der Waals surface area contributed by atoms with E-state index in [1.807, 2.05) is 42.2 Å². The normalized spacial score (nSPS) is 21.3. The van der Waals surface area contributed by atoms with Gasteiger partial charge in [0, 0.05) is 34.8 Å². The zero-order valence-electron chi connectivity index (χ0n) is 16.1. The first-order valence-corrected chi connectivity index (χ1v) is 10.4. The molecule has 28 heavy (non-hydrogen) atoms. The lowest BCUT2D eigenvalue weighted by atomic mass is 9.81. The highest BCUT2D eigenvalue weighted by atomic mass is 35.5. The first-order valence-electron chi connectivity index (χ1n) is 9.99. The Bertz CT molecular complexity index is 903. The SMILES string of the molecule is Cc1cc(Cl)ccc1NC(=O)C1CCC(C(=O)N2CCc3ccccc32)CC1. The number of amides is 2. The van der Waals surface area contributed by atoms with Crippen LogP contribution in [0, 0.1) is 18.8 Å². The quantitative estimate of drug-likeness (QED) is 0.795. The summed E-state index contributed by atoms with van der Waals surface area (Å²) in [5.74, 6) is 0.248. The summed E-state index contributed by atoms with van der Waals surface area (Å²) in [5.41, 5.74) is 4.08. The minimum Gasteiger partial charge on any atom is -0.326 e. The number of hydrogen-bond acceptors (Lipinski definition) is 2. The number of aryl methyl sites for hydroxylation is 1. The molecule has 0 atom stereocenters. The number of para-hydroxylation sites is 1. The molecule has 0 aromatic heterocycles. The molecule has 0 spiro atoms. The highest BCUT2D eigenvalue weighted by Crippen LogP contribution is 2.35. The molecule has 0 radical (unpaired) electrons. The van der Waals surface area contributed by atoms with Crippen LogP contribution in [0.3, 0.4) is 0 Å². The molecule has 0 bridgehead atoms. The Balaban J connectivity index is 1.34. The molecular weight excluding hydrogens is 372 g/mol. The van der Waals surface area contributed by atoms with Crippen LogP contribution in [0.15, 0.2) is 42.5 Å². The average molecular weight is 397 g/mol. The number of halogens is 1. The van der Waals surface area contributed by atoms with Crippen LogP contribution in [0.4, 0.5) is 11.4 Å². The molecular formula is C23H25ClN2O2. The van der Waals surface area contributed by atoms with Gasteiger partial charge in [0.2, 0.25) is 11.8 Å². The lowest BCUT2D eigenvalue weighted by Gasteiger charge is -2.30. The van der Waals surface area contributed by atoms with Gasteiger partial charge in [0.1, 0.15) is 0 Å². The van der Waals surface area contributed by atoms with Gasteiger partial charge in [-0.15, -0.1) is 0 Å². The molecule has 1 heterocycles. The van der Waals surface area contributed by atoms with Crippen molar-refractivity contribution in [3.8, 4) is 0 Å². The number of anilines is 2. The molecule has 1 N–H and O–H groups in total. The maximum Gasteiger partial charge on any atom is 0.230 e. The Kier molecular flexibility index (Phi) is 5.40. The Morgan fingerprint density at radius 2 is 1.75 bits per heavy atom. The Labute approximate surface area is 170 Å². The van der Waals surface area contributed by atoms with E-state index in [2.05, 4.69) is 11.4 Å². The van der Waals surface area contributed by atoms with E-state index >= 15 is 0 Å². The third-order valence-corrected chi connectivity index (χ3v) is 6.28. The van der Waals surface area contributed by atoms with Crippen LogP contribution in [-0.2, 0) is 16.0 Å². The summed E-state index contributed by atoms with van der Waals surface area (Å²) >= 11 is 5.98. The predicted octanol–water partition coefficient (Wildman–Crippen LogP) is 4.98. The van der Waals surface area contributed by atoms with Crippen molar-refractivity contribution in [1.82, 2.24) is 0 Å². The van der Waals surface area contributed by atoms with Gasteiger partial charge in [0.15, 0.2) is 0 Å². The summed E-state index contributed by atoms with van der Waals surface area (Å²) in [5, 5.41) is 3.69. The van der Waals surface area contributed by atoms with Gasteiger partial charge in [0.25, 0.3) is 0 Å². The van der Waals surface area contributed by atoms with Crippen LogP contribution in [0.5, 0.6) is 0 Å². The third-order valence-electron chi connectivity index (χ3n) is 6.05. The predicted molar refractivity (Wildman–Crippen MR) is 113 cm³/mol. The number of rotatable bonds is 3. The maximum atomic E-state index is 13.0. The van der Waals surface area contributed by atoms with E-state index in [1.54, 1.807) is 6.07 Å². The molecule has 2 amide bonds. The van der Waals surface area contributed by atoms with E-state index in [0.717, 1.165) is 55.6 Å². The van der Waals surface area contributed by atoms with E-state index in [9.17, 15) is 9.59 Å². The summed E-state index contributed by atoms with van der Waals surface area (Å²) in [4.78, 5) is 27.6. The maximum absolute atomic E-state index is 13.0. The van der Waals surface area contributed by atoms with Gasteiger partial charge >= 0.3 is 0 Å². The fraction of sp³-hybridized carbons (Fsp3) is 0.391. The molecule has 4 nitrogen and oxygen atoms in total. The van der Waals surface area contributed by atoms with Crippen molar-refractivity contribution in [3.63, 3.8) is 0 Å². The summed E-state index contributed by atoms with van der Waals surface area (Å²) in [6, 6.07) is 13.6. The van der Waals surface area contributed by atoms with Crippen molar-refractivity contribution in [3.05, 3.63) is 58.6 Å². The van der Waals surface area contributed by atoms with Crippen molar-refractivity contribution in [1.29, 1.82) is 0 Å². The first-order chi connectivity index (χ1) is 13.5. The van der Waals surface area contributed by atoms with Crippen LogP contribution in [-0.4, -0.2) is 18.4 Å². The Morgan fingerprint density at radius 3 is 2.50 bits per heavy atom. The van der Waals surface area contributed by atoms with E-state index in [1.165, 1.54) is 5.56 Å². The Hall–Kier alpha value is -2.33. The summed E-state index contributed by atoms with van der Waals surface area (Å²) in [6.07, 6.45) is 3.99. The van der Waals surface area contributed by atoms with E-state index in [0.29, 0.717) is 5.02 Å². The standard InChI is InChI=1S/C23H25ClN2O2/c1-15-14-19(24)10-11-20(15)25-22(27)17-6-8-18(9-7-17)23(28)26-13-12-16-4-2-3-5-21(16)26/h2-5,10-11,14,17-18H,6-9,12-13H2,1H3,(H,25,27). The molecule has 2 aliphatic rings. The van der Waals surface area contributed by atoms with Crippen molar-refractivity contribution < 1.29 is 9.59 Å². The van der Waals surface area contributed by atoms with E-state index < -0.39 is 0 Å². The fourth-order valence-corrected chi connectivity index (χ4v) is 4.62. The highest BCUT2D eigenvalue weighted by Gasteiger charge is 2.34. The molecule has 1 aliphatic carbocycles. The number of fused-ring (bicyclic) bond motifs is 1. The topological polar surface area (TPSA) is 49.4 Å². The number of hydrogen-bond donors (Lipinski definition) is 1. The molecule has 1 fully saturated rings. The van der Waals surface area contributed by atoms with Gasteiger partial charge in [-0.25, -0.2) is 0 Å². The minimum absolute atomic E-state index is 0.0208. The van der Waals surface area contributed by atoms with Crippen molar-refractivity contribution in [2.75, 3.05) is 16.8 Å². The van der Waals surface area contributed by atoms with Gasteiger partial charge in [-0.3, -0.25) is 9.59 Å². The van der Waals surface area contributed by atoms with E-state index in [4.69, 9.17) is 11.6 Å². The monoisotopic (exact) mass is 396 g/mol. The minimum atomic E-state index is -0.0370. The van der Waals surface area contributed by atoms with Gasteiger partial charge in [0.05, 0.1) is 0 Å². The van der Waals surface area contributed by atoms with Crippen LogP contribution in [0.1, 0.15) is 36.8 Å². The van der Waals surface area contributed by atoms with Gasteiger partial charge in [-0.2, -0.15) is 0 Å². The van der Waals surface area contributed by atoms with E-state index in [-0.39, 0.29) is 23.7 Å². The van der Waals surface area contributed by atoms with Gasteiger partial charge < -0.3 is 10.2 Å². The second-order valence-electron chi connectivity index (χ2n) is 7.87. The molecule has 2 aromatic rings. The zero-order chi connectivity index (χ0) is 19.7. The van der Waals surface area contributed by atoms with Crippen LogP contribution >= 0.6 is 11.6 Å². The van der Waals surface area contributed by atoms with Crippen LogP contribution < -0.4 is 10.2 Å². The summed E-state index contributed by atoms with van der Waals surface area (Å²) < 4.78 is 0. The number of benzene rings is 2.